The molecule has 2 unspecified atom stereocenters. The van der Waals surface area contributed by atoms with Gasteiger partial charge >= 0.3 is 0 Å². The molecule has 0 spiro atoms. The summed E-state index contributed by atoms with van der Waals surface area (Å²) in [6, 6.07) is 11.1. The van der Waals surface area contributed by atoms with Gasteiger partial charge in [0.2, 0.25) is 0 Å². The summed E-state index contributed by atoms with van der Waals surface area (Å²) in [4.78, 5) is 1.57. The van der Waals surface area contributed by atoms with Gasteiger partial charge in [0.1, 0.15) is 0 Å². The molecule has 19 heavy (non-hydrogen) atoms. The van der Waals surface area contributed by atoms with Crippen LogP contribution >= 0.6 is 11.3 Å². The zero-order valence-corrected chi connectivity index (χ0v) is 12.2. The van der Waals surface area contributed by atoms with Gasteiger partial charge in [-0.2, -0.15) is 0 Å². The summed E-state index contributed by atoms with van der Waals surface area (Å²) in [5.74, 6) is 0.551. The zero-order chi connectivity index (χ0) is 13.2. The molecule has 0 aliphatic heterocycles. The number of hydrogen-bond acceptors (Lipinski definition) is 2. The average Bonchev–Trinajstić information content (AvgIpc) is 2.89. The molecule has 1 nitrogen and oxygen atoms in total. The van der Waals surface area contributed by atoms with E-state index in [1.165, 1.54) is 36.0 Å². The van der Waals surface area contributed by atoms with Crippen LogP contribution in [0.3, 0.4) is 0 Å². The van der Waals surface area contributed by atoms with Crippen molar-refractivity contribution in [2.24, 2.45) is 5.73 Å². The number of hydrogen-bond donors (Lipinski definition) is 1. The molecule has 1 aromatic heterocycles. The van der Waals surface area contributed by atoms with Gasteiger partial charge in [0.25, 0.3) is 0 Å². The molecule has 0 saturated carbocycles. The Kier molecular flexibility index (Phi) is 3.72. The molecule has 0 saturated heterocycles. The molecule has 1 aliphatic carbocycles. The largest absolute Gasteiger partial charge is 0.327 e. The number of nitrogens with two attached hydrogens (primary N) is 1. The summed E-state index contributed by atoms with van der Waals surface area (Å²) < 4.78 is 0. The van der Waals surface area contributed by atoms with E-state index in [9.17, 15) is 0 Å². The molecular formula is C17H21NS. The van der Waals surface area contributed by atoms with Crippen LogP contribution in [0.5, 0.6) is 0 Å². The van der Waals surface area contributed by atoms with Crippen LogP contribution in [0.2, 0.25) is 0 Å². The third kappa shape index (κ3) is 2.60. The molecule has 3 rings (SSSR count). The quantitative estimate of drug-likeness (QED) is 0.895. The minimum absolute atomic E-state index is 0.245. The van der Waals surface area contributed by atoms with Crippen molar-refractivity contribution in [2.75, 3.05) is 0 Å². The van der Waals surface area contributed by atoms with Gasteiger partial charge in [-0.15, -0.1) is 11.3 Å². The van der Waals surface area contributed by atoms with Crippen LogP contribution in [0.15, 0.2) is 35.7 Å². The molecule has 2 atom stereocenters. The number of rotatable bonds is 3. The molecule has 0 fully saturated rings. The van der Waals surface area contributed by atoms with Crippen LogP contribution in [0.4, 0.5) is 0 Å². The monoisotopic (exact) mass is 271 g/mol. The molecule has 2 N–H and O–H groups in total. The Balaban J connectivity index is 1.79. The highest BCUT2D eigenvalue weighted by molar-refractivity contribution is 7.10. The first-order valence-electron chi connectivity index (χ1n) is 7.12. The SMILES string of the molecule is Cc1ccccc1CC(N)C1CCCc2sccc21. The highest BCUT2D eigenvalue weighted by Gasteiger charge is 2.26. The summed E-state index contributed by atoms with van der Waals surface area (Å²) in [6.45, 7) is 2.18. The van der Waals surface area contributed by atoms with E-state index in [2.05, 4.69) is 42.6 Å². The van der Waals surface area contributed by atoms with Crippen molar-refractivity contribution in [1.82, 2.24) is 0 Å². The van der Waals surface area contributed by atoms with Crippen molar-refractivity contribution < 1.29 is 0 Å². The minimum atomic E-state index is 0.245. The predicted octanol–water partition coefficient (Wildman–Crippen LogP) is 4.05. The molecule has 0 radical (unpaired) electrons. The number of aryl methyl sites for hydroxylation is 2. The third-order valence-corrected chi connectivity index (χ3v) is 5.33. The molecule has 1 heterocycles. The van der Waals surface area contributed by atoms with Crippen molar-refractivity contribution in [3.05, 3.63) is 57.3 Å². The van der Waals surface area contributed by atoms with Crippen molar-refractivity contribution >= 4 is 11.3 Å². The maximum Gasteiger partial charge on any atom is 0.0149 e. The van der Waals surface area contributed by atoms with E-state index in [0.29, 0.717) is 5.92 Å². The molecule has 0 amide bonds. The molecule has 0 bridgehead atoms. The van der Waals surface area contributed by atoms with Crippen LogP contribution < -0.4 is 5.73 Å². The fraction of sp³-hybridized carbons (Fsp3) is 0.412. The van der Waals surface area contributed by atoms with Crippen molar-refractivity contribution in [3.8, 4) is 0 Å². The summed E-state index contributed by atoms with van der Waals surface area (Å²) in [7, 11) is 0. The Labute approximate surface area is 119 Å². The second-order valence-electron chi connectivity index (χ2n) is 5.59. The second-order valence-corrected chi connectivity index (χ2v) is 6.59. The number of fused-ring (bicyclic) bond motifs is 1. The second kappa shape index (κ2) is 5.48. The summed E-state index contributed by atoms with van der Waals surface area (Å²) in [5, 5.41) is 2.23. The lowest BCUT2D eigenvalue weighted by molar-refractivity contribution is 0.463. The first-order valence-corrected chi connectivity index (χ1v) is 8.00. The molecule has 2 aromatic rings. The Morgan fingerprint density at radius 3 is 3.00 bits per heavy atom. The summed E-state index contributed by atoms with van der Waals surface area (Å²) in [6.07, 6.45) is 4.78. The molecule has 1 aromatic carbocycles. The van der Waals surface area contributed by atoms with Crippen molar-refractivity contribution in [1.29, 1.82) is 0 Å². The lowest BCUT2D eigenvalue weighted by Crippen LogP contribution is -2.32. The van der Waals surface area contributed by atoms with Crippen LogP contribution in [0, 0.1) is 6.92 Å². The van der Waals surface area contributed by atoms with Gasteiger partial charge in [0, 0.05) is 16.8 Å². The lowest BCUT2D eigenvalue weighted by Gasteiger charge is -2.28. The Hall–Kier alpha value is -1.12. The molecular weight excluding hydrogens is 250 g/mol. The topological polar surface area (TPSA) is 26.0 Å². The molecule has 100 valence electrons. The highest BCUT2D eigenvalue weighted by atomic mass is 32.1. The Bertz CT molecular complexity index is 558. The van der Waals surface area contributed by atoms with Crippen LogP contribution in [-0.2, 0) is 12.8 Å². The average molecular weight is 271 g/mol. The lowest BCUT2D eigenvalue weighted by atomic mass is 9.80. The summed E-state index contributed by atoms with van der Waals surface area (Å²) >= 11 is 1.90. The fourth-order valence-electron chi connectivity index (χ4n) is 3.20. The molecule has 1 aliphatic rings. The smallest absolute Gasteiger partial charge is 0.0149 e. The van der Waals surface area contributed by atoms with Gasteiger partial charge in [-0.25, -0.2) is 0 Å². The molecule has 2 heteroatoms. The number of thiophene rings is 1. The van der Waals surface area contributed by atoms with Gasteiger partial charge in [-0.3, -0.25) is 0 Å². The van der Waals surface area contributed by atoms with Crippen LogP contribution in [0.1, 0.15) is 40.3 Å². The summed E-state index contributed by atoms with van der Waals surface area (Å²) in [5.41, 5.74) is 10.8. The fourth-order valence-corrected chi connectivity index (χ4v) is 4.20. The van der Waals surface area contributed by atoms with Gasteiger partial charge in [0.05, 0.1) is 0 Å². The van der Waals surface area contributed by atoms with Crippen LogP contribution in [0.25, 0.3) is 0 Å². The van der Waals surface area contributed by atoms with E-state index in [0.717, 1.165) is 6.42 Å². The Morgan fingerprint density at radius 2 is 2.16 bits per heavy atom. The first kappa shape index (κ1) is 12.9. The van der Waals surface area contributed by atoms with E-state index in [-0.39, 0.29) is 6.04 Å². The van der Waals surface area contributed by atoms with Gasteiger partial charge in [-0.05, 0) is 60.7 Å². The van der Waals surface area contributed by atoms with Crippen LogP contribution in [-0.4, -0.2) is 6.04 Å². The van der Waals surface area contributed by atoms with E-state index in [1.807, 2.05) is 11.3 Å². The van der Waals surface area contributed by atoms with Gasteiger partial charge in [0.15, 0.2) is 0 Å². The van der Waals surface area contributed by atoms with E-state index >= 15 is 0 Å². The minimum Gasteiger partial charge on any atom is -0.327 e. The van der Waals surface area contributed by atoms with E-state index in [1.54, 1.807) is 4.88 Å². The maximum atomic E-state index is 6.53. The normalized spacial score (nSPS) is 20.0. The van der Waals surface area contributed by atoms with E-state index < -0.39 is 0 Å². The Morgan fingerprint density at radius 1 is 1.32 bits per heavy atom. The third-order valence-electron chi connectivity index (χ3n) is 4.33. The zero-order valence-electron chi connectivity index (χ0n) is 11.4. The predicted molar refractivity (Wildman–Crippen MR) is 82.9 cm³/mol. The van der Waals surface area contributed by atoms with Gasteiger partial charge < -0.3 is 5.73 Å². The highest BCUT2D eigenvalue weighted by Crippen LogP contribution is 2.37. The standard InChI is InChI=1S/C17H21NS/c1-12-5-2-3-6-13(12)11-16(18)14-7-4-8-17-15(14)9-10-19-17/h2-3,5-6,9-10,14,16H,4,7-8,11,18H2,1H3. The van der Waals surface area contributed by atoms with Crippen molar-refractivity contribution in [3.63, 3.8) is 0 Å². The number of benzene rings is 1. The van der Waals surface area contributed by atoms with Crippen molar-refractivity contribution in [2.45, 2.75) is 44.6 Å². The van der Waals surface area contributed by atoms with Gasteiger partial charge in [-0.1, -0.05) is 24.3 Å². The maximum absolute atomic E-state index is 6.53. The first-order chi connectivity index (χ1) is 9.25. The van der Waals surface area contributed by atoms with E-state index in [4.69, 9.17) is 5.73 Å².